The summed E-state index contributed by atoms with van der Waals surface area (Å²) in [7, 11) is 0. The van der Waals surface area contributed by atoms with Gasteiger partial charge in [-0.1, -0.05) is 39.5 Å². The standard InChI is InChI=1S/C12H22O2.C9H10F2O2/c1-2-3-4-5-10-6-8-11(9-7-10)12(13)14;1-2-5-13-7-4-3-6(12)8(10)9(7)11/h10-11H,2-9H2,1H3,(H,13,14);3-4,12H,2,5H2,1H3/t10-,11-;. The third-order valence-electron chi connectivity index (χ3n) is 4.90. The number of carbonyl (C=O) groups is 1. The predicted octanol–water partition coefficient (Wildman–Crippen LogP) is 5.92. The molecular weight excluding hydrogens is 354 g/mol. The first kappa shape index (κ1) is 23.2. The molecule has 6 heteroatoms. The highest BCUT2D eigenvalue weighted by Crippen LogP contribution is 2.32. The molecule has 154 valence electrons. The number of carboxylic acid groups (broad SMARTS) is 1. The molecule has 2 rings (SSSR count). The number of hydrogen-bond donors (Lipinski definition) is 2. The fraction of sp³-hybridized carbons (Fsp3) is 0.667. The van der Waals surface area contributed by atoms with Crippen LogP contribution >= 0.6 is 0 Å². The largest absolute Gasteiger partial charge is 0.505 e. The summed E-state index contributed by atoms with van der Waals surface area (Å²) in [6.07, 6.45) is 10.1. The van der Waals surface area contributed by atoms with Gasteiger partial charge in [0.15, 0.2) is 11.5 Å². The Morgan fingerprint density at radius 1 is 1.07 bits per heavy atom. The number of carboxylic acids is 1. The van der Waals surface area contributed by atoms with E-state index in [1.165, 1.54) is 31.7 Å². The highest BCUT2D eigenvalue weighted by atomic mass is 19.2. The first-order valence-electron chi connectivity index (χ1n) is 9.93. The maximum atomic E-state index is 12.9. The van der Waals surface area contributed by atoms with Crippen molar-refractivity contribution in [3.05, 3.63) is 23.8 Å². The molecule has 0 spiro atoms. The van der Waals surface area contributed by atoms with Gasteiger partial charge >= 0.3 is 5.97 Å². The molecule has 0 atom stereocenters. The van der Waals surface area contributed by atoms with E-state index >= 15 is 0 Å². The van der Waals surface area contributed by atoms with Crippen molar-refractivity contribution < 1.29 is 28.5 Å². The van der Waals surface area contributed by atoms with E-state index in [4.69, 9.17) is 14.9 Å². The summed E-state index contributed by atoms with van der Waals surface area (Å²) >= 11 is 0. The molecule has 4 nitrogen and oxygen atoms in total. The van der Waals surface area contributed by atoms with Gasteiger partial charge < -0.3 is 14.9 Å². The van der Waals surface area contributed by atoms with Crippen molar-refractivity contribution >= 4 is 5.97 Å². The Hall–Kier alpha value is -1.85. The molecule has 0 bridgehead atoms. The Balaban J connectivity index is 0.000000271. The van der Waals surface area contributed by atoms with E-state index in [1.54, 1.807) is 0 Å². The van der Waals surface area contributed by atoms with Gasteiger partial charge in [0.05, 0.1) is 12.5 Å². The quantitative estimate of drug-likeness (QED) is 0.545. The zero-order chi connectivity index (χ0) is 20.2. The number of benzene rings is 1. The molecule has 2 N–H and O–H groups in total. The second kappa shape index (κ2) is 12.5. The third-order valence-corrected chi connectivity index (χ3v) is 4.90. The summed E-state index contributed by atoms with van der Waals surface area (Å²) in [6, 6.07) is 2.26. The number of phenols is 1. The van der Waals surface area contributed by atoms with Gasteiger partial charge in [0.25, 0.3) is 0 Å². The van der Waals surface area contributed by atoms with Crippen LogP contribution in [0.5, 0.6) is 11.5 Å². The topological polar surface area (TPSA) is 66.8 Å². The number of hydrogen-bond acceptors (Lipinski definition) is 3. The van der Waals surface area contributed by atoms with E-state index in [2.05, 4.69) is 6.92 Å². The van der Waals surface area contributed by atoms with Crippen LogP contribution in [0.1, 0.15) is 71.6 Å². The summed E-state index contributed by atoms with van der Waals surface area (Å²) in [6.45, 7) is 4.40. The number of phenolic OH excluding ortho intramolecular Hbond substituents is 1. The average molecular weight is 386 g/mol. The molecule has 1 aliphatic carbocycles. The van der Waals surface area contributed by atoms with Crippen molar-refractivity contribution in [2.75, 3.05) is 6.61 Å². The summed E-state index contributed by atoms with van der Waals surface area (Å²) in [5.74, 6) is -3.10. The molecule has 1 aromatic rings. The van der Waals surface area contributed by atoms with Crippen molar-refractivity contribution in [2.24, 2.45) is 11.8 Å². The van der Waals surface area contributed by atoms with E-state index in [0.29, 0.717) is 13.0 Å². The molecule has 0 amide bonds. The predicted molar refractivity (Wildman–Crippen MR) is 101 cm³/mol. The molecule has 1 aliphatic rings. The molecule has 0 aromatic heterocycles. The molecular formula is C21H32F2O4. The van der Waals surface area contributed by atoms with E-state index in [1.807, 2.05) is 6.92 Å². The Bertz CT molecular complexity index is 570. The van der Waals surface area contributed by atoms with Crippen LogP contribution in [-0.4, -0.2) is 22.8 Å². The van der Waals surface area contributed by atoms with E-state index in [9.17, 15) is 13.6 Å². The zero-order valence-electron chi connectivity index (χ0n) is 16.3. The lowest BCUT2D eigenvalue weighted by atomic mass is 9.80. The fourth-order valence-electron chi connectivity index (χ4n) is 3.23. The normalized spacial score (nSPS) is 19.1. The SMILES string of the molecule is CCCCC[C@H]1CC[C@H](C(=O)O)CC1.CCCOc1ccc(O)c(F)c1F. The summed E-state index contributed by atoms with van der Waals surface area (Å²) in [5, 5.41) is 17.6. The third kappa shape index (κ3) is 8.14. The van der Waals surface area contributed by atoms with Crippen LogP contribution < -0.4 is 4.74 Å². The smallest absolute Gasteiger partial charge is 0.306 e. The first-order valence-corrected chi connectivity index (χ1v) is 9.93. The van der Waals surface area contributed by atoms with Crippen molar-refractivity contribution in [1.29, 1.82) is 0 Å². The lowest BCUT2D eigenvalue weighted by Crippen LogP contribution is -2.21. The number of halogens is 2. The van der Waals surface area contributed by atoms with Gasteiger partial charge in [0, 0.05) is 0 Å². The molecule has 1 aromatic carbocycles. The molecule has 0 unspecified atom stereocenters. The second-order valence-electron chi connectivity index (χ2n) is 7.11. The number of unbranched alkanes of at least 4 members (excludes halogenated alkanes) is 2. The fourth-order valence-corrected chi connectivity index (χ4v) is 3.23. The van der Waals surface area contributed by atoms with Crippen molar-refractivity contribution in [3.63, 3.8) is 0 Å². The summed E-state index contributed by atoms with van der Waals surface area (Å²) in [4.78, 5) is 10.7. The van der Waals surface area contributed by atoms with Crippen molar-refractivity contribution in [3.8, 4) is 11.5 Å². The summed E-state index contributed by atoms with van der Waals surface area (Å²) < 4.78 is 30.5. The molecule has 1 fully saturated rings. The van der Waals surface area contributed by atoms with Gasteiger partial charge in [-0.3, -0.25) is 4.79 Å². The molecule has 0 heterocycles. The van der Waals surface area contributed by atoms with Gasteiger partial charge in [0.1, 0.15) is 0 Å². The van der Waals surface area contributed by atoms with Gasteiger partial charge in [-0.05, 0) is 50.2 Å². The lowest BCUT2D eigenvalue weighted by Gasteiger charge is -2.25. The molecule has 0 radical (unpaired) electrons. The first-order chi connectivity index (χ1) is 12.9. The average Bonchev–Trinajstić information content (AvgIpc) is 2.67. The van der Waals surface area contributed by atoms with Gasteiger partial charge in [0.2, 0.25) is 11.6 Å². The van der Waals surface area contributed by atoms with Crippen molar-refractivity contribution in [2.45, 2.75) is 71.6 Å². The monoisotopic (exact) mass is 386 g/mol. The Kier molecular flexibility index (Phi) is 10.8. The van der Waals surface area contributed by atoms with Gasteiger partial charge in [-0.2, -0.15) is 8.78 Å². The van der Waals surface area contributed by atoms with E-state index in [-0.39, 0.29) is 11.7 Å². The lowest BCUT2D eigenvalue weighted by molar-refractivity contribution is -0.143. The number of ether oxygens (including phenoxy) is 1. The Morgan fingerprint density at radius 2 is 1.74 bits per heavy atom. The van der Waals surface area contributed by atoms with Gasteiger partial charge in [-0.15, -0.1) is 0 Å². The second-order valence-corrected chi connectivity index (χ2v) is 7.11. The van der Waals surface area contributed by atoms with Crippen LogP contribution in [0.4, 0.5) is 8.78 Å². The van der Waals surface area contributed by atoms with Crippen LogP contribution in [0, 0.1) is 23.5 Å². The number of aliphatic carboxylic acids is 1. The van der Waals surface area contributed by atoms with E-state index < -0.39 is 23.4 Å². The highest BCUT2D eigenvalue weighted by molar-refractivity contribution is 5.69. The molecule has 1 saturated carbocycles. The van der Waals surface area contributed by atoms with Gasteiger partial charge in [-0.25, -0.2) is 0 Å². The molecule has 0 saturated heterocycles. The minimum absolute atomic E-state index is 0.0441. The molecule has 0 aliphatic heterocycles. The van der Waals surface area contributed by atoms with Crippen LogP contribution in [0.25, 0.3) is 0 Å². The maximum absolute atomic E-state index is 12.9. The Morgan fingerprint density at radius 3 is 2.30 bits per heavy atom. The number of rotatable bonds is 8. The molecule has 27 heavy (non-hydrogen) atoms. The van der Waals surface area contributed by atoms with Crippen LogP contribution in [-0.2, 0) is 4.79 Å². The van der Waals surface area contributed by atoms with Crippen LogP contribution in [0.2, 0.25) is 0 Å². The number of aromatic hydroxyl groups is 1. The van der Waals surface area contributed by atoms with Crippen molar-refractivity contribution in [1.82, 2.24) is 0 Å². The van der Waals surface area contributed by atoms with E-state index in [0.717, 1.165) is 37.7 Å². The zero-order valence-corrected chi connectivity index (χ0v) is 16.3. The Labute approximate surface area is 160 Å². The minimum Gasteiger partial charge on any atom is -0.505 e. The maximum Gasteiger partial charge on any atom is 0.306 e. The van der Waals surface area contributed by atoms with Crippen LogP contribution in [0.15, 0.2) is 12.1 Å². The highest BCUT2D eigenvalue weighted by Gasteiger charge is 2.25. The van der Waals surface area contributed by atoms with Crippen LogP contribution in [0.3, 0.4) is 0 Å². The summed E-state index contributed by atoms with van der Waals surface area (Å²) in [5.41, 5.74) is 0. The minimum atomic E-state index is -1.27.